The molecule has 0 amide bonds. The summed E-state index contributed by atoms with van der Waals surface area (Å²) in [5.41, 5.74) is 2.78. The zero-order valence-electron chi connectivity index (χ0n) is 11.9. The van der Waals surface area contributed by atoms with Crippen molar-refractivity contribution in [2.75, 3.05) is 12.4 Å². The van der Waals surface area contributed by atoms with Crippen molar-refractivity contribution in [1.82, 2.24) is 0 Å². The lowest BCUT2D eigenvalue weighted by Gasteiger charge is -2.19. The first-order valence-electron chi connectivity index (χ1n) is 6.83. The SMILES string of the molecule is CCC(Nc1cccc(COC)c1)c1ccccc1F. The molecule has 106 valence electrons. The van der Waals surface area contributed by atoms with Crippen LogP contribution in [0, 0.1) is 5.82 Å². The fourth-order valence-corrected chi connectivity index (χ4v) is 2.28. The molecule has 0 heterocycles. The van der Waals surface area contributed by atoms with Gasteiger partial charge in [-0.05, 0) is 30.2 Å². The van der Waals surface area contributed by atoms with Crippen molar-refractivity contribution in [2.24, 2.45) is 0 Å². The molecule has 20 heavy (non-hydrogen) atoms. The van der Waals surface area contributed by atoms with Crippen LogP contribution in [-0.2, 0) is 11.3 Å². The predicted octanol–water partition coefficient (Wildman–Crippen LogP) is 4.54. The molecule has 2 aromatic rings. The van der Waals surface area contributed by atoms with E-state index in [9.17, 15) is 4.39 Å². The summed E-state index contributed by atoms with van der Waals surface area (Å²) in [5, 5.41) is 3.39. The van der Waals surface area contributed by atoms with Gasteiger partial charge in [0.25, 0.3) is 0 Å². The van der Waals surface area contributed by atoms with Crippen molar-refractivity contribution in [3.05, 3.63) is 65.5 Å². The first-order valence-corrected chi connectivity index (χ1v) is 6.83. The van der Waals surface area contributed by atoms with Crippen molar-refractivity contribution < 1.29 is 9.13 Å². The van der Waals surface area contributed by atoms with Crippen molar-refractivity contribution in [2.45, 2.75) is 26.0 Å². The van der Waals surface area contributed by atoms with E-state index in [0.29, 0.717) is 12.2 Å². The maximum absolute atomic E-state index is 13.9. The topological polar surface area (TPSA) is 21.3 Å². The van der Waals surface area contributed by atoms with Gasteiger partial charge in [0.05, 0.1) is 12.6 Å². The third-order valence-corrected chi connectivity index (χ3v) is 3.27. The molecule has 0 fully saturated rings. The Morgan fingerprint density at radius 1 is 1.15 bits per heavy atom. The van der Waals surface area contributed by atoms with Gasteiger partial charge in [-0.25, -0.2) is 4.39 Å². The Morgan fingerprint density at radius 2 is 1.95 bits per heavy atom. The van der Waals surface area contributed by atoms with Crippen molar-refractivity contribution in [3.63, 3.8) is 0 Å². The summed E-state index contributed by atoms with van der Waals surface area (Å²) in [6.07, 6.45) is 0.815. The number of halogens is 1. The van der Waals surface area contributed by atoms with Crippen LogP contribution in [0.15, 0.2) is 48.5 Å². The van der Waals surface area contributed by atoms with Gasteiger partial charge in [-0.15, -0.1) is 0 Å². The second kappa shape index (κ2) is 7.06. The molecule has 0 aliphatic carbocycles. The van der Waals surface area contributed by atoms with Crippen LogP contribution in [0.1, 0.15) is 30.5 Å². The largest absolute Gasteiger partial charge is 0.380 e. The van der Waals surface area contributed by atoms with Crippen molar-refractivity contribution in [1.29, 1.82) is 0 Å². The van der Waals surface area contributed by atoms with Crippen LogP contribution in [-0.4, -0.2) is 7.11 Å². The van der Waals surface area contributed by atoms with Gasteiger partial charge in [0, 0.05) is 18.4 Å². The molecule has 0 radical (unpaired) electrons. The Hall–Kier alpha value is -1.87. The van der Waals surface area contributed by atoms with Crippen LogP contribution < -0.4 is 5.32 Å². The number of hydrogen-bond acceptors (Lipinski definition) is 2. The molecule has 0 saturated heterocycles. The van der Waals surface area contributed by atoms with Gasteiger partial charge >= 0.3 is 0 Å². The molecule has 0 aliphatic rings. The zero-order valence-corrected chi connectivity index (χ0v) is 11.9. The summed E-state index contributed by atoms with van der Waals surface area (Å²) in [6, 6.07) is 14.9. The molecule has 2 nitrogen and oxygen atoms in total. The summed E-state index contributed by atoms with van der Waals surface area (Å²) in [6.45, 7) is 2.62. The molecule has 1 unspecified atom stereocenters. The first kappa shape index (κ1) is 14.5. The number of anilines is 1. The summed E-state index contributed by atoms with van der Waals surface area (Å²) in [5.74, 6) is -0.167. The van der Waals surface area contributed by atoms with Crippen molar-refractivity contribution in [3.8, 4) is 0 Å². The van der Waals surface area contributed by atoms with Crippen LogP contribution >= 0.6 is 0 Å². The molecule has 0 aliphatic heterocycles. The highest BCUT2D eigenvalue weighted by Crippen LogP contribution is 2.25. The minimum absolute atomic E-state index is 0.0333. The quantitative estimate of drug-likeness (QED) is 0.834. The van der Waals surface area contributed by atoms with Crippen LogP contribution in [0.3, 0.4) is 0 Å². The smallest absolute Gasteiger partial charge is 0.128 e. The van der Waals surface area contributed by atoms with Gasteiger partial charge in [-0.1, -0.05) is 37.3 Å². The van der Waals surface area contributed by atoms with E-state index in [-0.39, 0.29) is 11.9 Å². The summed E-state index contributed by atoms with van der Waals surface area (Å²) in [7, 11) is 1.67. The van der Waals surface area contributed by atoms with Gasteiger partial charge in [-0.3, -0.25) is 0 Å². The normalized spacial score (nSPS) is 12.2. The van der Waals surface area contributed by atoms with Gasteiger partial charge in [0.2, 0.25) is 0 Å². The Kier molecular flexibility index (Phi) is 5.13. The first-order chi connectivity index (χ1) is 9.74. The maximum atomic E-state index is 13.9. The lowest BCUT2D eigenvalue weighted by atomic mass is 10.0. The van der Waals surface area contributed by atoms with Gasteiger partial charge in [-0.2, -0.15) is 0 Å². The van der Waals surface area contributed by atoms with E-state index in [1.807, 2.05) is 43.3 Å². The number of methoxy groups -OCH3 is 1. The molecule has 1 N–H and O–H groups in total. The van der Waals surface area contributed by atoms with Crippen LogP contribution in [0.4, 0.5) is 10.1 Å². The molecule has 0 spiro atoms. The summed E-state index contributed by atoms with van der Waals surface area (Å²) < 4.78 is 19.0. The molecule has 0 aromatic heterocycles. The standard InChI is InChI=1S/C17H20FNO/c1-3-17(15-9-4-5-10-16(15)18)19-14-8-6-7-13(11-14)12-20-2/h4-11,17,19H,3,12H2,1-2H3. The highest BCUT2D eigenvalue weighted by Gasteiger charge is 2.13. The zero-order chi connectivity index (χ0) is 14.4. The average molecular weight is 273 g/mol. The lowest BCUT2D eigenvalue weighted by Crippen LogP contribution is -2.11. The lowest BCUT2D eigenvalue weighted by molar-refractivity contribution is 0.185. The third-order valence-electron chi connectivity index (χ3n) is 3.27. The molecule has 2 rings (SSSR count). The van der Waals surface area contributed by atoms with E-state index in [2.05, 4.69) is 5.32 Å². The van der Waals surface area contributed by atoms with E-state index in [1.165, 1.54) is 6.07 Å². The van der Waals surface area contributed by atoms with Crippen LogP contribution in [0.25, 0.3) is 0 Å². The van der Waals surface area contributed by atoms with E-state index < -0.39 is 0 Å². The third kappa shape index (κ3) is 3.58. The average Bonchev–Trinajstić information content (AvgIpc) is 2.46. The Bertz CT molecular complexity index is 556. The number of nitrogens with one attached hydrogen (secondary N) is 1. The number of hydrogen-bond donors (Lipinski definition) is 1. The fourth-order valence-electron chi connectivity index (χ4n) is 2.28. The molecule has 0 bridgehead atoms. The van der Waals surface area contributed by atoms with Gasteiger partial charge < -0.3 is 10.1 Å². The number of benzene rings is 2. The molecular weight excluding hydrogens is 253 g/mol. The van der Waals surface area contributed by atoms with Gasteiger partial charge in [0.15, 0.2) is 0 Å². The van der Waals surface area contributed by atoms with E-state index >= 15 is 0 Å². The fraction of sp³-hybridized carbons (Fsp3) is 0.294. The summed E-state index contributed by atoms with van der Waals surface area (Å²) >= 11 is 0. The molecule has 3 heteroatoms. The van der Waals surface area contributed by atoms with Gasteiger partial charge in [0.1, 0.15) is 5.82 Å². The number of rotatable bonds is 6. The van der Waals surface area contributed by atoms with Crippen molar-refractivity contribution >= 4 is 5.69 Å². The maximum Gasteiger partial charge on any atom is 0.128 e. The van der Waals surface area contributed by atoms with E-state index in [1.54, 1.807) is 13.2 Å². The minimum atomic E-state index is -0.167. The predicted molar refractivity (Wildman–Crippen MR) is 80.2 cm³/mol. The van der Waals surface area contributed by atoms with E-state index in [4.69, 9.17) is 4.74 Å². The highest BCUT2D eigenvalue weighted by molar-refractivity contribution is 5.47. The molecule has 0 saturated carbocycles. The second-order valence-corrected chi connectivity index (χ2v) is 4.76. The Labute approximate surface area is 119 Å². The monoisotopic (exact) mass is 273 g/mol. The minimum Gasteiger partial charge on any atom is -0.380 e. The second-order valence-electron chi connectivity index (χ2n) is 4.76. The Balaban J connectivity index is 2.18. The van der Waals surface area contributed by atoms with Crippen LogP contribution in [0.5, 0.6) is 0 Å². The molecular formula is C17H20FNO. The van der Waals surface area contributed by atoms with Crippen LogP contribution in [0.2, 0.25) is 0 Å². The highest BCUT2D eigenvalue weighted by atomic mass is 19.1. The number of ether oxygens (including phenoxy) is 1. The summed E-state index contributed by atoms with van der Waals surface area (Å²) in [4.78, 5) is 0. The molecule has 2 aromatic carbocycles. The molecule has 1 atom stereocenters. The van der Waals surface area contributed by atoms with E-state index in [0.717, 1.165) is 17.7 Å². The Morgan fingerprint density at radius 3 is 2.65 bits per heavy atom.